The zero-order chi connectivity index (χ0) is 13.2. The van der Waals surface area contributed by atoms with E-state index in [2.05, 4.69) is 0 Å². The predicted molar refractivity (Wildman–Crippen MR) is 68.7 cm³/mol. The molecular weight excluding hydrogens is 219 g/mol. The minimum absolute atomic E-state index is 0.0302. The molecule has 1 rings (SSSR count). The van der Waals surface area contributed by atoms with Crippen LogP contribution < -0.4 is 10.6 Å². The molecule has 2 atom stereocenters. The maximum atomic E-state index is 13.5. The first-order chi connectivity index (χ1) is 7.88. The monoisotopic (exact) mass is 240 g/mol. The van der Waals surface area contributed by atoms with Crippen LogP contribution in [0.5, 0.6) is 0 Å². The van der Waals surface area contributed by atoms with Crippen molar-refractivity contribution in [3.63, 3.8) is 0 Å². The third kappa shape index (κ3) is 2.96. The number of aliphatic hydroxyl groups is 1. The number of nitrogens with two attached hydrogens (primary N) is 1. The Labute approximate surface area is 102 Å². The van der Waals surface area contributed by atoms with Crippen molar-refractivity contribution in [1.82, 2.24) is 0 Å². The Balaban J connectivity index is 3.25. The molecule has 17 heavy (non-hydrogen) atoms. The quantitative estimate of drug-likeness (QED) is 0.846. The molecule has 3 N–H and O–H groups in total. The summed E-state index contributed by atoms with van der Waals surface area (Å²) in [6.45, 7) is 5.50. The number of nitrogens with zero attached hydrogens (tertiary/aromatic N) is 1. The fraction of sp³-hybridized carbons (Fsp3) is 0.538. The highest BCUT2D eigenvalue weighted by atomic mass is 19.1. The molecule has 1 unspecified atom stereocenters. The molecule has 96 valence electrons. The molecule has 0 fully saturated rings. The van der Waals surface area contributed by atoms with Crippen molar-refractivity contribution in [3.05, 3.63) is 29.1 Å². The highest BCUT2D eigenvalue weighted by Gasteiger charge is 2.17. The van der Waals surface area contributed by atoms with Crippen LogP contribution >= 0.6 is 0 Å². The van der Waals surface area contributed by atoms with Gasteiger partial charge in [-0.15, -0.1) is 0 Å². The summed E-state index contributed by atoms with van der Waals surface area (Å²) >= 11 is 0. The van der Waals surface area contributed by atoms with Gasteiger partial charge in [0.05, 0.1) is 6.61 Å². The first kappa shape index (κ1) is 13.9. The molecule has 0 heterocycles. The summed E-state index contributed by atoms with van der Waals surface area (Å²) in [5.74, 6) is -0.244. The minimum atomic E-state index is -0.244. The molecule has 0 saturated heterocycles. The Morgan fingerprint density at radius 1 is 1.41 bits per heavy atom. The Morgan fingerprint density at radius 2 is 2.00 bits per heavy atom. The van der Waals surface area contributed by atoms with Crippen LogP contribution in [-0.4, -0.2) is 24.8 Å². The van der Waals surface area contributed by atoms with Gasteiger partial charge in [0.2, 0.25) is 0 Å². The van der Waals surface area contributed by atoms with Crippen LogP contribution in [0.4, 0.5) is 10.1 Å². The van der Waals surface area contributed by atoms with E-state index in [-0.39, 0.29) is 24.5 Å². The predicted octanol–water partition coefficient (Wildman–Crippen LogP) is 1.97. The van der Waals surface area contributed by atoms with Gasteiger partial charge in [-0.3, -0.25) is 0 Å². The van der Waals surface area contributed by atoms with Gasteiger partial charge in [0.1, 0.15) is 5.82 Å². The number of benzene rings is 1. The lowest BCUT2D eigenvalue weighted by molar-refractivity contribution is 0.270. The standard InChI is InChI=1S/C13H21FN2O/c1-8-5-13(16(4)9(2)7-17)11(10(3)15)6-12(8)14/h5-6,9-10,17H,7,15H2,1-4H3/t9?,10-/m1/s1. The smallest absolute Gasteiger partial charge is 0.126 e. The van der Waals surface area contributed by atoms with Crippen molar-refractivity contribution in [2.45, 2.75) is 32.9 Å². The summed E-state index contributed by atoms with van der Waals surface area (Å²) in [7, 11) is 1.87. The molecule has 0 aromatic heterocycles. The van der Waals surface area contributed by atoms with Gasteiger partial charge >= 0.3 is 0 Å². The molecule has 1 aromatic rings. The molecule has 3 nitrogen and oxygen atoms in total. The topological polar surface area (TPSA) is 49.5 Å². The minimum Gasteiger partial charge on any atom is -0.394 e. The molecule has 0 radical (unpaired) electrons. The second-order valence-corrected chi connectivity index (χ2v) is 4.59. The summed E-state index contributed by atoms with van der Waals surface area (Å²) in [4.78, 5) is 1.92. The number of hydrogen-bond donors (Lipinski definition) is 2. The van der Waals surface area contributed by atoms with Crippen LogP contribution in [0.1, 0.15) is 31.0 Å². The number of anilines is 1. The Kier molecular flexibility index (Phi) is 4.48. The fourth-order valence-corrected chi connectivity index (χ4v) is 1.71. The van der Waals surface area contributed by atoms with Crippen LogP contribution in [-0.2, 0) is 0 Å². The van der Waals surface area contributed by atoms with Crippen LogP contribution in [0.2, 0.25) is 0 Å². The van der Waals surface area contributed by atoms with Gasteiger partial charge in [-0.2, -0.15) is 0 Å². The van der Waals surface area contributed by atoms with Gasteiger partial charge in [-0.05, 0) is 44.0 Å². The summed E-state index contributed by atoms with van der Waals surface area (Å²) in [5, 5.41) is 9.17. The lowest BCUT2D eigenvalue weighted by atomic mass is 10.0. The van der Waals surface area contributed by atoms with Gasteiger partial charge in [0, 0.05) is 24.8 Å². The third-order valence-corrected chi connectivity index (χ3v) is 3.10. The van der Waals surface area contributed by atoms with Crippen LogP contribution in [0.25, 0.3) is 0 Å². The van der Waals surface area contributed by atoms with E-state index >= 15 is 0 Å². The lowest BCUT2D eigenvalue weighted by Gasteiger charge is -2.29. The average molecular weight is 240 g/mol. The molecule has 0 aliphatic heterocycles. The number of hydrogen-bond acceptors (Lipinski definition) is 3. The summed E-state index contributed by atoms with van der Waals surface area (Å²) < 4.78 is 13.5. The molecule has 0 saturated carbocycles. The first-order valence-electron chi connectivity index (χ1n) is 5.77. The molecule has 1 aromatic carbocycles. The first-order valence-corrected chi connectivity index (χ1v) is 5.77. The van der Waals surface area contributed by atoms with E-state index in [4.69, 9.17) is 5.73 Å². The molecule has 0 aliphatic carbocycles. The number of aliphatic hydroxyl groups excluding tert-OH is 1. The summed E-state index contributed by atoms with van der Waals surface area (Å²) in [6.07, 6.45) is 0. The molecule has 0 aliphatic rings. The second-order valence-electron chi connectivity index (χ2n) is 4.59. The van der Waals surface area contributed by atoms with Gasteiger partial charge in [-0.1, -0.05) is 0 Å². The van der Waals surface area contributed by atoms with Crippen molar-refractivity contribution in [1.29, 1.82) is 0 Å². The maximum Gasteiger partial charge on any atom is 0.126 e. The van der Waals surface area contributed by atoms with Gasteiger partial charge in [0.25, 0.3) is 0 Å². The van der Waals surface area contributed by atoms with Gasteiger partial charge < -0.3 is 15.7 Å². The van der Waals surface area contributed by atoms with E-state index in [1.54, 1.807) is 13.0 Å². The van der Waals surface area contributed by atoms with Crippen LogP contribution in [0.15, 0.2) is 12.1 Å². The van der Waals surface area contributed by atoms with E-state index in [1.165, 1.54) is 6.07 Å². The van der Waals surface area contributed by atoms with E-state index < -0.39 is 0 Å². The highest BCUT2D eigenvalue weighted by Crippen LogP contribution is 2.28. The van der Waals surface area contributed by atoms with Crippen molar-refractivity contribution in [3.8, 4) is 0 Å². The SMILES string of the molecule is Cc1cc(N(C)C(C)CO)c([C@@H](C)N)cc1F. The fourth-order valence-electron chi connectivity index (χ4n) is 1.71. The van der Waals surface area contributed by atoms with Gasteiger partial charge in [-0.25, -0.2) is 4.39 Å². The Hall–Kier alpha value is -1.13. The van der Waals surface area contributed by atoms with Crippen LogP contribution in [0.3, 0.4) is 0 Å². The zero-order valence-electron chi connectivity index (χ0n) is 10.9. The lowest BCUT2D eigenvalue weighted by Crippen LogP contribution is -2.33. The third-order valence-electron chi connectivity index (χ3n) is 3.10. The van der Waals surface area contributed by atoms with E-state index in [1.807, 2.05) is 25.8 Å². The summed E-state index contributed by atoms with van der Waals surface area (Å²) in [5.41, 5.74) is 8.08. The van der Waals surface area contributed by atoms with Crippen molar-refractivity contribution in [2.75, 3.05) is 18.6 Å². The largest absolute Gasteiger partial charge is 0.394 e. The van der Waals surface area contributed by atoms with Crippen molar-refractivity contribution < 1.29 is 9.50 Å². The van der Waals surface area contributed by atoms with E-state index in [0.717, 1.165) is 11.3 Å². The Bertz CT molecular complexity index is 393. The van der Waals surface area contributed by atoms with Crippen molar-refractivity contribution >= 4 is 5.69 Å². The molecule has 0 bridgehead atoms. The summed E-state index contributed by atoms with van der Waals surface area (Å²) in [6, 6.07) is 2.99. The van der Waals surface area contributed by atoms with Gasteiger partial charge in [0.15, 0.2) is 0 Å². The molecule has 4 heteroatoms. The van der Waals surface area contributed by atoms with Crippen molar-refractivity contribution in [2.24, 2.45) is 5.73 Å². The molecule has 0 amide bonds. The number of aryl methyl sites for hydroxylation is 1. The van der Waals surface area contributed by atoms with E-state index in [9.17, 15) is 9.50 Å². The molecular formula is C13H21FN2O. The van der Waals surface area contributed by atoms with Crippen LogP contribution in [0, 0.1) is 12.7 Å². The van der Waals surface area contributed by atoms with E-state index in [0.29, 0.717) is 5.56 Å². The second kappa shape index (κ2) is 5.47. The number of halogens is 1. The number of likely N-dealkylation sites (N-methyl/N-ethyl adjacent to an activating group) is 1. The molecule has 0 spiro atoms. The average Bonchev–Trinajstić information content (AvgIpc) is 2.29. The maximum absolute atomic E-state index is 13.5. The number of rotatable bonds is 4. The Morgan fingerprint density at radius 3 is 2.47 bits per heavy atom. The zero-order valence-corrected chi connectivity index (χ0v) is 10.9. The normalized spacial score (nSPS) is 14.5. The highest BCUT2D eigenvalue weighted by molar-refractivity contribution is 5.57.